The predicted octanol–water partition coefficient (Wildman–Crippen LogP) is 4.68. The number of carbonyl (C=O) groups is 1. The number of hydrogen-bond donors (Lipinski definition) is 0. The second kappa shape index (κ2) is 5.83. The second-order valence-electron chi connectivity index (χ2n) is 5.35. The van der Waals surface area contributed by atoms with Gasteiger partial charge in [0.1, 0.15) is 0 Å². The van der Waals surface area contributed by atoms with Gasteiger partial charge in [-0.15, -0.1) is 0 Å². The molecule has 0 aliphatic heterocycles. The fourth-order valence-corrected chi connectivity index (χ4v) is 2.08. The Balaban J connectivity index is 2.22. The van der Waals surface area contributed by atoms with E-state index in [2.05, 4.69) is 32.9 Å². The summed E-state index contributed by atoms with van der Waals surface area (Å²) < 4.78 is 0. The first-order chi connectivity index (χ1) is 9.09. The lowest BCUT2D eigenvalue weighted by Gasteiger charge is -2.16. The normalized spacial score (nSPS) is 12.4. The van der Waals surface area contributed by atoms with Crippen LogP contribution in [0.2, 0.25) is 0 Å². The van der Waals surface area contributed by atoms with E-state index in [0.717, 1.165) is 11.1 Å². The number of ketones is 1. The Morgan fingerprint density at radius 2 is 1.32 bits per heavy atom. The van der Waals surface area contributed by atoms with E-state index in [0.29, 0.717) is 11.8 Å². The molecule has 98 valence electrons. The molecular formula is C18H20O. The van der Waals surface area contributed by atoms with Crippen LogP contribution in [0, 0.1) is 5.92 Å². The topological polar surface area (TPSA) is 17.1 Å². The zero-order valence-corrected chi connectivity index (χ0v) is 11.8. The molecule has 0 bridgehead atoms. The van der Waals surface area contributed by atoms with Crippen LogP contribution in [0.5, 0.6) is 0 Å². The minimum atomic E-state index is 0.0874. The van der Waals surface area contributed by atoms with Crippen molar-refractivity contribution in [2.24, 2.45) is 5.92 Å². The molecule has 0 fully saturated rings. The summed E-state index contributed by atoms with van der Waals surface area (Å²) in [5.41, 5.74) is 2.79. The Morgan fingerprint density at radius 3 is 1.84 bits per heavy atom. The third-order valence-corrected chi connectivity index (χ3v) is 3.73. The van der Waals surface area contributed by atoms with E-state index in [1.807, 2.05) is 42.5 Å². The molecule has 0 aliphatic rings. The van der Waals surface area contributed by atoms with Crippen LogP contribution in [0.1, 0.15) is 48.2 Å². The molecule has 0 amide bonds. The van der Waals surface area contributed by atoms with Gasteiger partial charge in [-0.05, 0) is 17.4 Å². The first-order valence-corrected chi connectivity index (χ1v) is 6.79. The van der Waals surface area contributed by atoms with E-state index in [-0.39, 0.29) is 5.78 Å². The van der Waals surface area contributed by atoms with E-state index in [4.69, 9.17) is 0 Å². The van der Waals surface area contributed by atoms with Crippen molar-refractivity contribution >= 4 is 5.78 Å². The zero-order valence-electron chi connectivity index (χ0n) is 11.8. The zero-order chi connectivity index (χ0) is 13.8. The van der Waals surface area contributed by atoms with Crippen LogP contribution in [-0.4, -0.2) is 5.78 Å². The van der Waals surface area contributed by atoms with Gasteiger partial charge in [0.15, 0.2) is 5.78 Å². The molecule has 0 heterocycles. The Bertz CT molecular complexity index is 538. The molecule has 0 N–H and O–H groups in total. The maximum Gasteiger partial charge on any atom is 0.193 e. The van der Waals surface area contributed by atoms with Crippen LogP contribution in [0.4, 0.5) is 0 Å². The standard InChI is InChI=1S/C18H20O/c1-13(2)14(3)15-9-11-17(12-10-15)18(19)16-7-5-4-6-8-16/h4-14H,1-3H3. The van der Waals surface area contributed by atoms with E-state index >= 15 is 0 Å². The van der Waals surface area contributed by atoms with E-state index in [9.17, 15) is 4.79 Å². The first-order valence-electron chi connectivity index (χ1n) is 6.79. The largest absolute Gasteiger partial charge is 0.289 e. The molecule has 0 saturated carbocycles. The number of benzene rings is 2. The van der Waals surface area contributed by atoms with Gasteiger partial charge in [0, 0.05) is 11.1 Å². The maximum atomic E-state index is 12.3. The third kappa shape index (κ3) is 3.11. The Hall–Kier alpha value is -1.89. The molecule has 0 saturated heterocycles. The summed E-state index contributed by atoms with van der Waals surface area (Å²) in [6.45, 7) is 6.65. The lowest BCUT2D eigenvalue weighted by Crippen LogP contribution is -2.04. The second-order valence-corrected chi connectivity index (χ2v) is 5.35. The summed E-state index contributed by atoms with van der Waals surface area (Å²) >= 11 is 0. The van der Waals surface area contributed by atoms with Gasteiger partial charge < -0.3 is 0 Å². The first kappa shape index (κ1) is 13.5. The number of carbonyl (C=O) groups excluding carboxylic acids is 1. The minimum absolute atomic E-state index is 0.0874. The summed E-state index contributed by atoms with van der Waals surface area (Å²) in [5, 5.41) is 0. The van der Waals surface area contributed by atoms with Crippen LogP contribution in [0.3, 0.4) is 0 Å². The molecular weight excluding hydrogens is 232 g/mol. The van der Waals surface area contributed by atoms with Crippen molar-refractivity contribution in [3.8, 4) is 0 Å². The summed E-state index contributed by atoms with van der Waals surface area (Å²) in [6.07, 6.45) is 0. The van der Waals surface area contributed by atoms with Crippen LogP contribution in [0.15, 0.2) is 54.6 Å². The third-order valence-electron chi connectivity index (χ3n) is 3.73. The highest BCUT2D eigenvalue weighted by Crippen LogP contribution is 2.24. The molecule has 2 aromatic rings. The van der Waals surface area contributed by atoms with Gasteiger partial charge in [0.05, 0.1) is 0 Å². The molecule has 1 unspecified atom stereocenters. The molecule has 1 heteroatoms. The van der Waals surface area contributed by atoms with E-state index < -0.39 is 0 Å². The van der Waals surface area contributed by atoms with Gasteiger partial charge in [0.25, 0.3) is 0 Å². The fraction of sp³-hybridized carbons (Fsp3) is 0.278. The molecule has 1 atom stereocenters. The van der Waals surface area contributed by atoms with Crippen molar-refractivity contribution in [2.75, 3.05) is 0 Å². The van der Waals surface area contributed by atoms with E-state index in [1.54, 1.807) is 0 Å². The highest BCUT2D eigenvalue weighted by molar-refractivity contribution is 6.08. The number of hydrogen-bond acceptors (Lipinski definition) is 1. The van der Waals surface area contributed by atoms with Crippen LogP contribution in [0.25, 0.3) is 0 Å². The Morgan fingerprint density at radius 1 is 0.789 bits per heavy atom. The highest BCUT2D eigenvalue weighted by atomic mass is 16.1. The summed E-state index contributed by atoms with van der Waals surface area (Å²) in [4.78, 5) is 12.3. The van der Waals surface area contributed by atoms with Gasteiger partial charge in [-0.3, -0.25) is 4.79 Å². The molecule has 2 aromatic carbocycles. The maximum absolute atomic E-state index is 12.3. The van der Waals surface area contributed by atoms with Crippen LogP contribution >= 0.6 is 0 Å². The fourth-order valence-electron chi connectivity index (χ4n) is 2.08. The minimum Gasteiger partial charge on any atom is -0.289 e. The van der Waals surface area contributed by atoms with Gasteiger partial charge in [-0.1, -0.05) is 75.4 Å². The molecule has 2 rings (SSSR count). The lowest BCUT2D eigenvalue weighted by atomic mass is 9.89. The molecule has 0 aliphatic carbocycles. The van der Waals surface area contributed by atoms with Crippen molar-refractivity contribution < 1.29 is 4.79 Å². The molecule has 0 radical (unpaired) electrons. The number of rotatable bonds is 4. The predicted molar refractivity (Wildman–Crippen MR) is 79.6 cm³/mol. The van der Waals surface area contributed by atoms with Crippen LogP contribution < -0.4 is 0 Å². The quantitative estimate of drug-likeness (QED) is 0.722. The molecule has 0 spiro atoms. The monoisotopic (exact) mass is 252 g/mol. The van der Waals surface area contributed by atoms with Crippen molar-refractivity contribution in [1.29, 1.82) is 0 Å². The van der Waals surface area contributed by atoms with Crippen molar-refractivity contribution in [2.45, 2.75) is 26.7 Å². The average Bonchev–Trinajstić information content (AvgIpc) is 2.46. The summed E-state index contributed by atoms with van der Waals surface area (Å²) in [6, 6.07) is 17.4. The van der Waals surface area contributed by atoms with Crippen molar-refractivity contribution in [3.05, 3.63) is 71.3 Å². The van der Waals surface area contributed by atoms with Crippen LogP contribution in [-0.2, 0) is 0 Å². The van der Waals surface area contributed by atoms with Crippen molar-refractivity contribution in [1.82, 2.24) is 0 Å². The van der Waals surface area contributed by atoms with E-state index in [1.165, 1.54) is 5.56 Å². The van der Waals surface area contributed by atoms with Crippen molar-refractivity contribution in [3.63, 3.8) is 0 Å². The van der Waals surface area contributed by atoms with Gasteiger partial charge >= 0.3 is 0 Å². The Labute approximate surface area is 115 Å². The molecule has 19 heavy (non-hydrogen) atoms. The smallest absolute Gasteiger partial charge is 0.193 e. The Kier molecular flexibility index (Phi) is 4.16. The molecule has 1 nitrogen and oxygen atoms in total. The SMILES string of the molecule is CC(C)C(C)c1ccc(C(=O)c2ccccc2)cc1. The lowest BCUT2D eigenvalue weighted by molar-refractivity contribution is 0.103. The summed E-state index contributed by atoms with van der Waals surface area (Å²) in [5.74, 6) is 1.21. The van der Waals surface area contributed by atoms with Gasteiger partial charge in [0.2, 0.25) is 0 Å². The average molecular weight is 252 g/mol. The summed E-state index contributed by atoms with van der Waals surface area (Å²) in [7, 11) is 0. The van der Waals surface area contributed by atoms with Gasteiger partial charge in [-0.25, -0.2) is 0 Å². The van der Waals surface area contributed by atoms with Gasteiger partial charge in [-0.2, -0.15) is 0 Å². The highest BCUT2D eigenvalue weighted by Gasteiger charge is 2.12. The molecule has 0 aromatic heterocycles.